The molecular formula is C24H21N3O3S. The molecule has 4 aromatic rings. The second kappa shape index (κ2) is 9.40. The zero-order chi connectivity index (χ0) is 21.6. The maximum Gasteiger partial charge on any atom is 0.276 e. The number of ether oxygens (including phenoxy) is 1. The Labute approximate surface area is 184 Å². The lowest BCUT2D eigenvalue weighted by Crippen LogP contribution is -2.23. The van der Waals surface area contributed by atoms with E-state index < -0.39 is 0 Å². The molecule has 0 bridgehead atoms. The Balaban J connectivity index is 1.40. The van der Waals surface area contributed by atoms with Crippen LogP contribution in [0.4, 0.5) is 5.69 Å². The number of nitrogens with one attached hydrogen (secondary N) is 2. The summed E-state index contributed by atoms with van der Waals surface area (Å²) in [6.45, 7) is 2.94. The molecule has 2 N–H and O–H groups in total. The standard InChI is InChI=1S/C24H21N3O3S/c1-2-30-19-12-10-16(11-13-19)15-25-23(28)17-6-5-7-18(14-17)26-24(29)22-20-8-3-4-9-21(20)31-27-22/h3-14H,2,15H2,1H3,(H,25,28)(H,26,29). The van der Waals surface area contributed by atoms with Gasteiger partial charge in [0.05, 0.1) is 11.3 Å². The Morgan fingerprint density at radius 1 is 0.968 bits per heavy atom. The van der Waals surface area contributed by atoms with Gasteiger partial charge in [0.1, 0.15) is 11.4 Å². The first kappa shape index (κ1) is 20.6. The third kappa shape index (κ3) is 4.90. The van der Waals surface area contributed by atoms with Crippen LogP contribution in [-0.2, 0) is 6.54 Å². The molecule has 156 valence electrons. The molecule has 0 aliphatic heterocycles. The van der Waals surface area contributed by atoms with Gasteiger partial charge < -0.3 is 15.4 Å². The smallest absolute Gasteiger partial charge is 0.276 e. The first-order chi connectivity index (χ1) is 15.1. The van der Waals surface area contributed by atoms with Gasteiger partial charge in [0.2, 0.25) is 0 Å². The summed E-state index contributed by atoms with van der Waals surface area (Å²) in [5.41, 5.74) is 2.35. The van der Waals surface area contributed by atoms with E-state index in [1.807, 2.05) is 55.5 Å². The average Bonchev–Trinajstić information content (AvgIpc) is 3.23. The molecule has 0 aliphatic rings. The van der Waals surface area contributed by atoms with Crippen LogP contribution in [0, 0.1) is 0 Å². The number of fused-ring (bicyclic) bond motifs is 1. The van der Waals surface area contributed by atoms with E-state index in [1.54, 1.807) is 24.3 Å². The summed E-state index contributed by atoms with van der Waals surface area (Å²) in [6, 6.07) is 22.0. The van der Waals surface area contributed by atoms with Crippen molar-refractivity contribution in [3.63, 3.8) is 0 Å². The van der Waals surface area contributed by atoms with Crippen LogP contribution in [-0.4, -0.2) is 22.8 Å². The first-order valence-corrected chi connectivity index (χ1v) is 10.7. The van der Waals surface area contributed by atoms with Crippen LogP contribution >= 0.6 is 11.5 Å². The van der Waals surface area contributed by atoms with Crippen molar-refractivity contribution in [2.75, 3.05) is 11.9 Å². The molecule has 2 amide bonds. The van der Waals surface area contributed by atoms with Crippen LogP contribution < -0.4 is 15.4 Å². The van der Waals surface area contributed by atoms with Gasteiger partial charge in [-0.2, -0.15) is 4.37 Å². The topological polar surface area (TPSA) is 80.3 Å². The number of hydrogen-bond acceptors (Lipinski definition) is 5. The first-order valence-electron chi connectivity index (χ1n) is 9.90. The molecule has 0 atom stereocenters. The fourth-order valence-corrected chi connectivity index (χ4v) is 3.91. The zero-order valence-corrected chi connectivity index (χ0v) is 17.7. The third-order valence-corrected chi connectivity index (χ3v) is 5.49. The summed E-state index contributed by atoms with van der Waals surface area (Å²) in [5, 5.41) is 6.55. The van der Waals surface area contributed by atoms with Gasteiger partial charge in [-0.15, -0.1) is 0 Å². The minimum absolute atomic E-state index is 0.218. The van der Waals surface area contributed by atoms with Gasteiger partial charge >= 0.3 is 0 Å². The second-order valence-electron chi connectivity index (χ2n) is 6.82. The van der Waals surface area contributed by atoms with E-state index >= 15 is 0 Å². The predicted molar refractivity (Wildman–Crippen MR) is 123 cm³/mol. The molecule has 0 saturated carbocycles. The number of aromatic nitrogens is 1. The zero-order valence-electron chi connectivity index (χ0n) is 16.9. The van der Waals surface area contributed by atoms with Crippen LogP contribution in [0.3, 0.4) is 0 Å². The van der Waals surface area contributed by atoms with Crippen molar-refractivity contribution in [1.29, 1.82) is 0 Å². The third-order valence-electron chi connectivity index (χ3n) is 4.66. The highest BCUT2D eigenvalue weighted by Gasteiger charge is 2.15. The van der Waals surface area contributed by atoms with Gasteiger partial charge in [-0.1, -0.05) is 36.4 Å². The Morgan fingerprint density at radius 3 is 2.58 bits per heavy atom. The number of amides is 2. The van der Waals surface area contributed by atoms with Gasteiger partial charge in [-0.3, -0.25) is 9.59 Å². The van der Waals surface area contributed by atoms with Crippen molar-refractivity contribution >= 4 is 39.1 Å². The number of anilines is 1. The molecule has 1 heterocycles. The van der Waals surface area contributed by atoms with Crippen LogP contribution in [0.15, 0.2) is 72.8 Å². The number of rotatable bonds is 7. The molecule has 7 heteroatoms. The van der Waals surface area contributed by atoms with Gasteiger partial charge in [0, 0.05) is 23.2 Å². The van der Waals surface area contributed by atoms with E-state index in [1.165, 1.54) is 11.5 Å². The summed E-state index contributed by atoms with van der Waals surface area (Å²) < 4.78 is 10.7. The summed E-state index contributed by atoms with van der Waals surface area (Å²) in [7, 11) is 0. The molecule has 0 unspecified atom stereocenters. The molecule has 0 aliphatic carbocycles. The van der Waals surface area contributed by atoms with E-state index in [4.69, 9.17) is 4.74 Å². The van der Waals surface area contributed by atoms with E-state index in [9.17, 15) is 9.59 Å². The van der Waals surface area contributed by atoms with Gasteiger partial charge in [0.25, 0.3) is 11.8 Å². The van der Waals surface area contributed by atoms with Crippen molar-refractivity contribution in [3.05, 3.63) is 89.6 Å². The maximum absolute atomic E-state index is 12.7. The SMILES string of the molecule is CCOc1ccc(CNC(=O)c2cccc(NC(=O)c3nsc4ccccc34)c2)cc1. The molecule has 4 rings (SSSR count). The van der Waals surface area contributed by atoms with E-state index in [2.05, 4.69) is 15.0 Å². The maximum atomic E-state index is 12.7. The van der Waals surface area contributed by atoms with Crippen LogP contribution in [0.2, 0.25) is 0 Å². The minimum Gasteiger partial charge on any atom is -0.494 e. The lowest BCUT2D eigenvalue weighted by molar-refractivity contribution is 0.0949. The Hall–Kier alpha value is -3.71. The van der Waals surface area contributed by atoms with Crippen LogP contribution in [0.25, 0.3) is 10.1 Å². The van der Waals surface area contributed by atoms with Crippen molar-refractivity contribution in [2.24, 2.45) is 0 Å². The lowest BCUT2D eigenvalue weighted by atomic mass is 10.1. The largest absolute Gasteiger partial charge is 0.494 e. The molecule has 3 aromatic carbocycles. The van der Waals surface area contributed by atoms with Crippen LogP contribution in [0.5, 0.6) is 5.75 Å². The Morgan fingerprint density at radius 2 is 1.77 bits per heavy atom. The Kier molecular flexibility index (Phi) is 6.24. The van der Waals surface area contributed by atoms with Crippen molar-refractivity contribution in [2.45, 2.75) is 13.5 Å². The highest BCUT2D eigenvalue weighted by Crippen LogP contribution is 2.23. The van der Waals surface area contributed by atoms with Gasteiger partial charge in [-0.25, -0.2) is 0 Å². The molecule has 1 aromatic heterocycles. The highest BCUT2D eigenvalue weighted by molar-refractivity contribution is 7.13. The minimum atomic E-state index is -0.301. The fraction of sp³-hybridized carbons (Fsp3) is 0.125. The molecule has 0 spiro atoms. The number of carbonyl (C=O) groups is 2. The van der Waals surface area contributed by atoms with E-state index in [0.29, 0.717) is 30.1 Å². The number of benzene rings is 3. The quantitative estimate of drug-likeness (QED) is 0.437. The lowest BCUT2D eigenvalue weighted by Gasteiger charge is -2.09. The van der Waals surface area contributed by atoms with Crippen molar-refractivity contribution in [1.82, 2.24) is 9.69 Å². The van der Waals surface area contributed by atoms with Crippen molar-refractivity contribution in [3.8, 4) is 5.75 Å². The van der Waals surface area contributed by atoms with Crippen LogP contribution in [0.1, 0.15) is 33.3 Å². The number of nitrogens with zero attached hydrogens (tertiary/aromatic N) is 1. The normalized spacial score (nSPS) is 10.6. The van der Waals surface area contributed by atoms with E-state index in [-0.39, 0.29) is 11.8 Å². The Bertz CT molecular complexity index is 1220. The summed E-state index contributed by atoms with van der Waals surface area (Å²) in [4.78, 5) is 25.2. The number of carbonyl (C=O) groups excluding carboxylic acids is 2. The highest BCUT2D eigenvalue weighted by atomic mass is 32.1. The van der Waals surface area contributed by atoms with Gasteiger partial charge in [0.15, 0.2) is 0 Å². The summed E-state index contributed by atoms with van der Waals surface area (Å²) in [6.07, 6.45) is 0. The predicted octanol–water partition coefficient (Wildman–Crippen LogP) is 4.88. The fourth-order valence-electron chi connectivity index (χ4n) is 3.13. The monoisotopic (exact) mass is 431 g/mol. The molecule has 6 nitrogen and oxygen atoms in total. The summed E-state index contributed by atoms with van der Waals surface area (Å²) >= 11 is 1.29. The molecular weight excluding hydrogens is 410 g/mol. The molecule has 0 radical (unpaired) electrons. The number of hydrogen-bond donors (Lipinski definition) is 2. The average molecular weight is 432 g/mol. The van der Waals surface area contributed by atoms with Gasteiger partial charge in [-0.05, 0) is 60.4 Å². The molecule has 0 fully saturated rings. The summed E-state index contributed by atoms with van der Waals surface area (Å²) in [5.74, 6) is 0.280. The van der Waals surface area contributed by atoms with Crippen molar-refractivity contribution < 1.29 is 14.3 Å². The second-order valence-corrected chi connectivity index (χ2v) is 7.63. The molecule has 0 saturated heterocycles. The molecule has 31 heavy (non-hydrogen) atoms. The van der Waals surface area contributed by atoms with E-state index in [0.717, 1.165) is 21.4 Å².